The highest BCUT2D eigenvalue weighted by atomic mass is 32.2. The van der Waals surface area contributed by atoms with E-state index in [2.05, 4.69) is 0 Å². The van der Waals surface area contributed by atoms with E-state index >= 15 is 0 Å². The van der Waals surface area contributed by atoms with E-state index in [0.717, 1.165) is 12.8 Å². The fourth-order valence-corrected chi connectivity index (χ4v) is 5.30. The standard InChI is InChI=1S/C15H22FNO3S/c1-11-9-13(16)10-12(2)15(11)21(19,20)17-7-3-5-14(17)6-4-8-18/h9-10,14,18H,3-8H2,1-2H3. The van der Waals surface area contributed by atoms with Gasteiger partial charge >= 0.3 is 0 Å². The van der Waals surface area contributed by atoms with Gasteiger partial charge in [0.25, 0.3) is 0 Å². The minimum Gasteiger partial charge on any atom is -0.396 e. The van der Waals surface area contributed by atoms with E-state index in [-0.39, 0.29) is 17.5 Å². The molecule has 1 aromatic rings. The zero-order valence-electron chi connectivity index (χ0n) is 12.5. The summed E-state index contributed by atoms with van der Waals surface area (Å²) in [6.45, 7) is 3.82. The highest BCUT2D eigenvalue weighted by molar-refractivity contribution is 7.89. The summed E-state index contributed by atoms with van der Waals surface area (Å²) in [5.41, 5.74) is 0.889. The first kappa shape index (κ1) is 16.4. The van der Waals surface area contributed by atoms with Crippen LogP contribution in [0.2, 0.25) is 0 Å². The van der Waals surface area contributed by atoms with Gasteiger partial charge in [0.1, 0.15) is 5.82 Å². The second-order valence-corrected chi connectivity index (χ2v) is 7.47. The fourth-order valence-electron chi connectivity index (χ4n) is 3.16. The van der Waals surface area contributed by atoms with Crippen molar-refractivity contribution in [3.05, 3.63) is 29.1 Å². The molecule has 1 aliphatic heterocycles. The predicted molar refractivity (Wildman–Crippen MR) is 79.1 cm³/mol. The molecular formula is C15H22FNO3S. The second-order valence-electron chi connectivity index (χ2n) is 5.65. The number of hydrogen-bond acceptors (Lipinski definition) is 3. The van der Waals surface area contributed by atoms with E-state index in [1.165, 1.54) is 16.4 Å². The minimum absolute atomic E-state index is 0.0639. The highest BCUT2D eigenvalue weighted by Crippen LogP contribution is 2.31. The maximum Gasteiger partial charge on any atom is 0.243 e. The normalized spacial score (nSPS) is 20.1. The van der Waals surface area contributed by atoms with Gasteiger partial charge in [-0.05, 0) is 62.8 Å². The molecule has 1 fully saturated rings. The van der Waals surface area contributed by atoms with Crippen molar-refractivity contribution in [3.8, 4) is 0 Å². The smallest absolute Gasteiger partial charge is 0.243 e. The number of sulfonamides is 1. The molecular weight excluding hydrogens is 293 g/mol. The summed E-state index contributed by atoms with van der Waals surface area (Å²) in [6, 6.07) is 2.46. The lowest BCUT2D eigenvalue weighted by Gasteiger charge is -2.25. The summed E-state index contributed by atoms with van der Waals surface area (Å²) in [5.74, 6) is -0.415. The average Bonchev–Trinajstić information content (AvgIpc) is 2.83. The zero-order chi connectivity index (χ0) is 15.6. The van der Waals surface area contributed by atoms with Gasteiger partial charge in [-0.15, -0.1) is 0 Å². The molecule has 0 radical (unpaired) electrons. The Kier molecular flexibility index (Phi) is 5.01. The molecule has 1 atom stereocenters. The van der Waals surface area contributed by atoms with Crippen molar-refractivity contribution in [1.82, 2.24) is 4.31 Å². The van der Waals surface area contributed by atoms with Gasteiger partial charge in [0.2, 0.25) is 10.0 Å². The van der Waals surface area contributed by atoms with E-state index < -0.39 is 15.8 Å². The summed E-state index contributed by atoms with van der Waals surface area (Å²) in [4.78, 5) is 0.222. The summed E-state index contributed by atoms with van der Waals surface area (Å²) in [7, 11) is -3.61. The van der Waals surface area contributed by atoms with Crippen molar-refractivity contribution in [2.24, 2.45) is 0 Å². The molecule has 2 rings (SSSR count). The van der Waals surface area contributed by atoms with E-state index in [0.29, 0.717) is 30.5 Å². The molecule has 1 N–H and O–H groups in total. The van der Waals surface area contributed by atoms with Crippen LogP contribution in [0.15, 0.2) is 17.0 Å². The molecule has 0 saturated carbocycles. The van der Waals surface area contributed by atoms with Crippen LogP contribution in [0.25, 0.3) is 0 Å². The van der Waals surface area contributed by atoms with Gasteiger partial charge in [-0.3, -0.25) is 0 Å². The number of halogens is 1. The molecule has 6 heteroatoms. The van der Waals surface area contributed by atoms with Crippen molar-refractivity contribution < 1.29 is 17.9 Å². The second kappa shape index (κ2) is 6.42. The van der Waals surface area contributed by atoms with Crippen LogP contribution in [-0.4, -0.2) is 37.0 Å². The van der Waals surface area contributed by atoms with Crippen LogP contribution < -0.4 is 0 Å². The van der Waals surface area contributed by atoms with Crippen molar-refractivity contribution in [1.29, 1.82) is 0 Å². The lowest BCUT2D eigenvalue weighted by atomic mass is 10.1. The van der Waals surface area contributed by atoms with Crippen LogP contribution in [0.4, 0.5) is 4.39 Å². The topological polar surface area (TPSA) is 57.6 Å². The highest BCUT2D eigenvalue weighted by Gasteiger charge is 2.36. The Hall–Kier alpha value is -0.980. The monoisotopic (exact) mass is 315 g/mol. The lowest BCUT2D eigenvalue weighted by Crippen LogP contribution is -2.36. The molecule has 0 bridgehead atoms. The molecule has 0 aliphatic carbocycles. The third-order valence-electron chi connectivity index (χ3n) is 4.01. The molecule has 0 spiro atoms. The van der Waals surface area contributed by atoms with E-state index in [4.69, 9.17) is 5.11 Å². The average molecular weight is 315 g/mol. The Morgan fingerprint density at radius 2 is 1.95 bits per heavy atom. The number of rotatable bonds is 5. The van der Waals surface area contributed by atoms with Crippen molar-refractivity contribution in [3.63, 3.8) is 0 Å². The maximum atomic E-state index is 13.4. The molecule has 1 saturated heterocycles. The van der Waals surface area contributed by atoms with Crippen LogP contribution in [-0.2, 0) is 10.0 Å². The molecule has 118 valence electrons. The van der Waals surface area contributed by atoms with Crippen molar-refractivity contribution in [2.75, 3.05) is 13.2 Å². The summed E-state index contributed by atoms with van der Waals surface area (Å²) < 4.78 is 40.7. The summed E-state index contributed by atoms with van der Waals surface area (Å²) >= 11 is 0. The molecule has 4 nitrogen and oxygen atoms in total. The first-order chi connectivity index (χ1) is 9.87. The Morgan fingerprint density at radius 1 is 1.33 bits per heavy atom. The van der Waals surface area contributed by atoms with Gasteiger partial charge in [0.15, 0.2) is 0 Å². The molecule has 1 unspecified atom stereocenters. The SMILES string of the molecule is Cc1cc(F)cc(C)c1S(=O)(=O)N1CCCC1CCCO. The van der Waals surface area contributed by atoms with Crippen LogP contribution in [0.1, 0.15) is 36.8 Å². The first-order valence-electron chi connectivity index (χ1n) is 7.27. The van der Waals surface area contributed by atoms with Crippen molar-refractivity contribution >= 4 is 10.0 Å². The third-order valence-corrected chi connectivity index (χ3v) is 6.27. The number of aliphatic hydroxyl groups is 1. The van der Waals surface area contributed by atoms with Crippen LogP contribution in [0.3, 0.4) is 0 Å². The Labute approximate surface area is 125 Å². The largest absolute Gasteiger partial charge is 0.396 e. The Bertz CT molecular complexity index is 592. The lowest BCUT2D eigenvalue weighted by molar-refractivity contribution is 0.264. The number of benzene rings is 1. The summed E-state index contributed by atoms with van der Waals surface area (Å²) in [5, 5.41) is 8.94. The Balaban J connectivity index is 2.38. The number of hydrogen-bond donors (Lipinski definition) is 1. The van der Waals surface area contributed by atoms with Crippen LogP contribution >= 0.6 is 0 Å². The number of aliphatic hydroxyl groups excluding tert-OH is 1. The van der Waals surface area contributed by atoms with Gasteiger partial charge in [0, 0.05) is 19.2 Å². The predicted octanol–water partition coefficient (Wildman–Crippen LogP) is 2.37. The zero-order valence-corrected chi connectivity index (χ0v) is 13.3. The molecule has 1 aromatic carbocycles. The van der Waals surface area contributed by atoms with Crippen LogP contribution in [0, 0.1) is 19.7 Å². The first-order valence-corrected chi connectivity index (χ1v) is 8.71. The van der Waals surface area contributed by atoms with E-state index in [1.54, 1.807) is 13.8 Å². The van der Waals surface area contributed by atoms with Gasteiger partial charge in [-0.25, -0.2) is 12.8 Å². The molecule has 0 aromatic heterocycles. The van der Waals surface area contributed by atoms with E-state index in [9.17, 15) is 12.8 Å². The quantitative estimate of drug-likeness (QED) is 0.907. The van der Waals surface area contributed by atoms with Crippen molar-refractivity contribution in [2.45, 2.75) is 50.5 Å². The number of aryl methyl sites for hydroxylation is 2. The van der Waals surface area contributed by atoms with Gasteiger partial charge in [0.05, 0.1) is 4.90 Å². The minimum atomic E-state index is -3.61. The maximum absolute atomic E-state index is 13.4. The molecule has 21 heavy (non-hydrogen) atoms. The Morgan fingerprint density at radius 3 is 2.52 bits per heavy atom. The summed E-state index contributed by atoms with van der Waals surface area (Å²) in [6.07, 6.45) is 2.90. The molecule has 0 amide bonds. The third kappa shape index (κ3) is 3.27. The fraction of sp³-hybridized carbons (Fsp3) is 0.600. The van der Waals surface area contributed by atoms with Crippen LogP contribution in [0.5, 0.6) is 0 Å². The van der Waals surface area contributed by atoms with E-state index in [1.807, 2.05) is 0 Å². The van der Waals surface area contributed by atoms with Gasteiger partial charge < -0.3 is 5.11 Å². The van der Waals surface area contributed by atoms with Gasteiger partial charge in [-0.1, -0.05) is 0 Å². The molecule has 1 aliphatic rings. The molecule has 1 heterocycles. The van der Waals surface area contributed by atoms with Gasteiger partial charge in [-0.2, -0.15) is 4.31 Å². The number of nitrogens with zero attached hydrogens (tertiary/aromatic N) is 1.